The number of hydrogen-bond donors (Lipinski definition) is 1. The minimum absolute atomic E-state index is 0.0791. The van der Waals surface area contributed by atoms with E-state index in [2.05, 4.69) is 0 Å². The van der Waals surface area contributed by atoms with E-state index >= 15 is 0 Å². The van der Waals surface area contributed by atoms with Gasteiger partial charge in [-0.25, -0.2) is 4.39 Å². The van der Waals surface area contributed by atoms with Crippen LogP contribution in [0.15, 0.2) is 10.8 Å². The number of hydrogen-bond acceptors (Lipinski definition) is 4. The molecule has 0 aromatic carbocycles. The molecule has 3 heterocycles. The second-order valence-electron chi connectivity index (χ2n) is 4.34. The number of piperidine rings is 1. The third-order valence-corrected chi connectivity index (χ3v) is 4.05. The van der Waals surface area contributed by atoms with Gasteiger partial charge in [-0.2, -0.15) is 11.3 Å². The van der Waals surface area contributed by atoms with E-state index in [1.54, 1.807) is 10.8 Å². The van der Waals surface area contributed by atoms with Crippen LogP contribution in [0, 0.1) is 0 Å². The maximum absolute atomic E-state index is 14.7. The number of carbonyl (C=O) groups is 3. The zero-order chi connectivity index (χ0) is 12.9. The maximum Gasteiger partial charge on any atom is 0.285 e. The van der Waals surface area contributed by atoms with Gasteiger partial charge in [-0.15, -0.1) is 0 Å². The molecular formula is C11H9FN2O3S. The Labute approximate surface area is 106 Å². The van der Waals surface area contributed by atoms with Crippen molar-refractivity contribution < 1.29 is 18.8 Å². The monoisotopic (exact) mass is 268 g/mol. The lowest BCUT2D eigenvalue weighted by Crippen LogP contribution is -2.60. The number of imide groups is 1. The van der Waals surface area contributed by atoms with Crippen molar-refractivity contribution in [3.05, 3.63) is 21.9 Å². The summed E-state index contributed by atoms with van der Waals surface area (Å²) in [5, 5.41) is 5.35. The van der Waals surface area contributed by atoms with Gasteiger partial charge in [0, 0.05) is 18.2 Å². The van der Waals surface area contributed by atoms with Crippen molar-refractivity contribution in [1.82, 2.24) is 10.2 Å². The Balaban J connectivity index is 1.92. The highest BCUT2D eigenvalue weighted by Gasteiger charge is 2.52. The predicted molar refractivity (Wildman–Crippen MR) is 60.4 cm³/mol. The molecule has 0 bridgehead atoms. The van der Waals surface area contributed by atoms with Crippen molar-refractivity contribution in [3.63, 3.8) is 0 Å². The largest absolute Gasteiger partial charge is 0.294 e. The van der Waals surface area contributed by atoms with Crippen LogP contribution >= 0.6 is 11.3 Å². The third-order valence-electron chi connectivity index (χ3n) is 3.26. The van der Waals surface area contributed by atoms with Crippen LogP contribution in [-0.2, 0) is 16.1 Å². The summed E-state index contributed by atoms with van der Waals surface area (Å²) in [6.07, 6.45) is -0.379. The minimum atomic E-state index is -2.41. The summed E-state index contributed by atoms with van der Waals surface area (Å²) in [5.74, 6) is -4.45. The number of carbonyl (C=O) groups excluding carboxylic acids is 3. The van der Waals surface area contributed by atoms with Gasteiger partial charge in [0.15, 0.2) is 0 Å². The molecular weight excluding hydrogens is 259 g/mol. The SMILES string of the molecule is O=C1CC[C@](F)(N2Cc3cscc3C2=O)C(=O)N1. The molecule has 0 unspecified atom stereocenters. The van der Waals surface area contributed by atoms with E-state index in [0.717, 1.165) is 10.5 Å². The molecule has 0 radical (unpaired) electrons. The van der Waals surface area contributed by atoms with E-state index < -0.39 is 23.5 Å². The lowest BCUT2D eigenvalue weighted by atomic mass is 10.0. The standard InChI is InChI=1S/C11H9FN2O3S/c12-11(2-1-8(15)13-10(11)17)14-3-6-4-18-5-7(6)9(14)16/h4-5H,1-3H2,(H,13,15,17)/t11-/m0/s1. The van der Waals surface area contributed by atoms with Crippen molar-refractivity contribution in [2.24, 2.45) is 0 Å². The molecule has 7 heteroatoms. The van der Waals surface area contributed by atoms with Crippen molar-refractivity contribution >= 4 is 29.1 Å². The van der Waals surface area contributed by atoms with Crippen LogP contribution < -0.4 is 5.32 Å². The van der Waals surface area contributed by atoms with Gasteiger partial charge in [0.25, 0.3) is 17.6 Å². The lowest BCUT2D eigenvalue weighted by Gasteiger charge is -2.35. The van der Waals surface area contributed by atoms with Gasteiger partial charge < -0.3 is 0 Å². The molecule has 1 N–H and O–H groups in total. The van der Waals surface area contributed by atoms with Crippen molar-refractivity contribution in [3.8, 4) is 0 Å². The van der Waals surface area contributed by atoms with Crippen molar-refractivity contribution in [2.75, 3.05) is 0 Å². The highest BCUT2D eigenvalue weighted by Crippen LogP contribution is 2.36. The molecule has 3 amide bonds. The Kier molecular flexibility index (Phi) is 2.28. The molecule has 0 spiro atoms. The zero-order valence-electron chi connectivity index (χ0n) is 9.23. The molecule has 1 saturated heterocycles. The normalized spacial score (nSPS) is 27.4. The minimum Gasteiger partial charge on any atom is -0.294 e. The van der Waals surface area contributed by atoms with E-state index in [-0.39, 0.29) is 19.4 Å². The Morgan fingerprint density at radius 1 is 1.33 bits per heavy atom. The summed E-state index contributed by atoms with van der Waals surface area (Å²) in [5.41, 5.74) is 1.17. The molecule has 0 saturated carbocycles. The Morgan fingerprint density at radius 2 is 2.11 bits per heavy atom. The predicted octanol–water partition coefficient (Wildman–Crippen LogP) is 0.806. The van der Waals surface area contributed by atoms with Gasteiger partial charge in [-0.1, -0.05) is 0 Å². The lowest BCUT2D eigenvalue weighted by molar-refractivity contribution is -0.154. The van der Waals surface area contributed by atoms with E-state index in [1.807, 2.05) is 5.32 Å². The number of alkyl halides is 1. The van der Waals surface area contributed by atoms with Crippen LogP contribution in [0.4, 0.5) is 4.39 Å². The van der Waals surface area contributed by atoms with Crippen LogP contribution in [0.3, 0.4) is 0 Å². The fourth-order valence-corrected chi connectivity index (χ4v) is 3.06. The smallest absolute Gasteiger partial charge is 0.285 e. The summed E-state index contributed by atoms with van der Waals surface area (Å²) in [6.45, 7) is 0.0791. The second kappa shape index (κ2) is 3.61. The molecule has 18 heavy (non-hydrogen) atoms. The molecule has 5 nitrogen and oxygen atoms in total. The van der Waals surface area contributed by atoms with Gasteiger partial charge in [0.2, 0.25) is 5.91 Å². The van der Waals surface area contributed by atoms with E-state index in [1.165, 1.54) is 11.3 Å². The van der Waals surface area contributed by atoms with Crippen molar-refractivity contribution in [1.29, 1.82) is 0 Å². The summed E-state index contributed by atoms with van der Waals surface area (Å²) in [4.78, 5) is 35.6. The fraction of sp³-hybridized carbons (Fsp3) is 0.364. The number of amides is 3. The van der Waals surface area contributed by atoms with E-state index in [9.17, 15) is 18.8 Å². The zero-order valence-corrected chi connectivity index (χ0v) is 10.1. The number of thiophene rings is 1. The van der Waals surface area contributed by atoms with E-state index in [0.29, 0.717) is 5.56 Å². The molecule has 94 valence electrons. The number of halogens is 1. The first-order valence-electron chi connectivity index (χ1n) is 5.42. The molecule has 2 aliphatic heterocycles. The Hall–Kier alpha value is -1.76. The fourth-order valence-electron chi connectivity index (χ4n) is 2.24. The Morgan fingerprint density at radius 3 is 2.78 bits per heavy atom. The molecule has 0 aliphatic carbocycles. The Bertz CT molecular complexity index is 570. The average Bonchev–Trinajstić information content (AvgIpc) is 2.88. The summed E-state index contributed by atoms with van der Waals surface area (Å²) < 4.78 is 14.7. The highest BCUT2D eigenvalue weighted by molar-refractivity contribution is 7.08. The van der Waals surface area contributed by atoms with Gasteiger partial charge in [0.1, 0.15) is 0 Å². The first-order chi connectivity index (χ1) is 8.52. The quantitative estimate of drug-likeness (QED) is 0.605. The maximum atomic E-state index is 14.7. The van der Waals surface area contributed by atoms with Crippen LogP contribution in [0.2, 0.25) is 0 Å². The third kappa shape index (κ3) is 1.40. The first kappa shape index (κ1) is 11.3. The van der Waals surface area contributed by atoms with Gasteiger partial charge in [-0.3, -0.25) is 24.6 Å². The summed E-state index contributed by atoms with van der Waals surface area (Å²) >= 11 is 1.37. The molecule has 2 aliphatic rings. The van der Waals surface area contributed by atoms with Crippen LogP contribution in [-0.4, -0.2) is 28.4 Å². The number of nitrogens with zero attached hydrogens (tertiary/aromatic N) is 1. The number of fused-ring (bicyclic) bond motifs is 1. The molecule has 1 aromatic heterocycles. The summed E-state index contributed by atoms with van der Waals surface area (Å²) in [6, 6.07) is 0. The summed E-state index contributed by atoms with van der Waals surface area (Å²) in [7, 11) is 0. The number of nitrogens with one attached hydrogen (secondary N) is 1. The van der Waals surface area contributed by atoms with Crippen LogP contribution in [0.1, 0.15) is 28.8 Å². The average molecular weight is 268 g/mol. The highest BCUT2D eigenvalue weighted by atomic mass is 32.1. The van der Waals surface area contributed by atoms with E-state index in [4.69, 9.17) is 0 Å². The molecule has 1 fully saturated rings. The van der Waals surface area contributed by atoms with Crippen molar-refractivity contribution in [2.45, 2.75) is 25.2 Å². The first-order valence-corrected chi connectivity index (χ1v) is 6.37. The number of rotatable bonds is 1. The molecule has 1 aromatic rings. The second-order valence-corrected chi connectivity index (χ2v) is 5.08. The van der Waals surface area contributed by atoms with Gasteiger partial charge in [-0.05, 0) is 10.9 Å². The molecule has 3 rings (SSSR count). The van der Waals surface area contributed by atoms with Gasteiger partial charge in [0.05, 0.1) is 12.1 Å². The van der Waals surface area contributed by atoms with Gasteiger partial charge >= 0.3 is 0 Å². The van der Waals surface area contributed by atoms with Crippen LogP contribution in [0.5, 0.6) is 0 Å². The molecule has 1 atom stereocenters. The topological polar surface area (TPSA) is 66.5 Å². The van der Waals surface area contributed by atoms with Crippen LogP contribution in [0.25, 0.3) is 0 Å².